The highest BCUT2D eigenvalue weighted by Crippen LogP contribution is 2.36. The summed E-state index contributed by atoms with van der Waals surface area (Å²) < 4.78 is 0. The summed E-state index contributed by atoms with van der Waals surface area (Å²) in [6.45, 7) is 1.86. The summed E-state index contributed by atoms with van der Waals surface area (Å²) in [4.78, 5) is 26.3. The molecule has 94 valence electrons. The highest BCUT2D eigenvalue weighted by Gasteiger charge is 2.38. The fourth-order valence-electron chi connectivity index (χ4n) is 2.14. The highest BCUT2D eigenvalue weighted by atomic mass is 32.2. The van der Waals surface area contributed by atoms with E-state index in [2.05, 4.69) is 4.90 Å². The number of aliphatic carboxylic acids is 1. The van der Waals surface area contributed by atoms with Crippen LogP contribution in [-0.4, -0.2) is 52.3 Å². The van der Waals surface area contributed by atoms with E-state index < -0.39 is 5.97 Å². The Hall–Kier alpha value is -1.01. The van der Waals surface area contributed by atoms with Crippen LogP contribution >= 0.6 is 11.8 Å². The van der Waals surface area contributed by atoms with Crippen LogP contribution in [0.25, 0.3) is 0 Å². The van der Waals surface area contributed by atoms with Crippen molar-refractivity contribution in [1.82, 2.24) is 9.80 Å². The number of carbonyl (C=O) groups excluding carboxylic acids is 1. The minimum Gasteiger partial charge on any atom is -0.478 e. The van der Waals surface area contributed by atoms with Crippen LogP contribution in [0.2, 0.25) is 0 Å². The van der Waals surface area contributed by atoms with Gasteiger partial charge in [0, 0.05) is 7.05 Å². The predicted molar refractivity (Wildman–Crippen MR) is 65.3 cm³/mol. The van der Waals surface area contributed by atoms with Crippen molar-refractivity contribution in [2.45, 2.75) is 24.6 Å². The van der Waals surface area contributed by atoms with Gasteiger partial charge in [0.25, 0.3) is 5.91 Å². The molecule has 2 heterocycles. The summed E-state index contributed by atoms with van der Waals surface area (Å²) in [5.41, 5.74) is 0. The van der Waals surface area contributed by atoms with Gasteiger partial charge in [-0.1, -0.05) is 18.2 Å². The van der Waals surface area contributed by atoms with Crippen molar-refractivity contribution in [2.24, 2.45) is 0 Å². The molecule has 2 rings (SSSR count). The Labute approximate surface area is 104 Å². The summed E-state index contributed by atoms with van der Waals surface area (Å²) in [5.74, 6) is -1.02. The van der Waals surface area contributed by atoms with Crippen molar-refractivity contribution >= 4 is 23.6 Å². The van der Waals surface area contributed by atoms with E-state index >= 15 is 0 Å². The van der Waals surface area contributed by atoms with Gasteiger partial charge in [0.05, 0.1) is 11.1 Å². The zero-order valence-electron chi connectivity index (χ0n) is 9.76. The number of rotatable bonds is 2. The number of likely N-dealkylation sites (tertiary alicyclic amines) is 1. The fraction of sp³-hybridized carbons (Fsp3) is 0.636. The quantitative estimate of drug-likeness (QED) is 0.745. The summed E-state index contributed by atoms with van der Waals surface area (Å²) in [6, 6.07) is 0. The molecule has 0 aromatic carbocycles. The molecule has 1 amide bonds. The molecular formula is C11H16N2O3S. The Bertz CT molecular complexity index is 364. The van der Waals surface area contributed by atoms with E-state index in [9.17, 15) is 9.59 Å². The smallest absolute Gasteiger partial charge is 0.330 e. The summed E-state index contributed by atoms with van der Waals surface area (Å²) in [6.07, 6.45) is 4.56. The van der Waals surface area contributed by atoms with Crippen LogP contribution < -0.4 is 0 Å². The maximum absolute atomic E-state index is 12.0. The lowest BCUT2D eigenvalue weighted by molar-refractivity contribution is -0.131. The molecule has 0 saturated carbocycles. The molecule has 0 radical (unpaired) electrons. The van der Waals surface area contributed by atoms with Crippen LogP contribution in [0.4, 0.5) is 0 Å². The zero-order valence-corrected chi connectivity index (χ0v) is 10.6. The number of hydrogen-bond donors (Lipinski definition) is 1. The first kappa shape index (κ1) is 12.4. The van der Waals surface area contributed by atoms with Crippen molar-refractivity contribution < 1.29 is 14.7 Å². The summed E-state index contributed by atoms with van der Waals surface area (Å²) >= 11 is 1.34. The Morgan fingerprint density at radius 1 is 1.41 bits per heavy atom. The topological polar surface area (TPSA) is 60.9 Å². The molecule has 1 N–H and O–H groups in total. The van der Waals surface area contributed by atoms with E-state index in [4.69, 9.17) is 5.11 Å². The summed E-state index contributed by atoms with van der Waals surface area (Å²) in [7, 11) is 1.63. The van der Waals surface area contributed by atoms with Gasteiger partial charge in [-0.25, -0.2) is 4.79 Å². The van der Waals surface area contributed by atoms with E-state index in [0.717, 1.165) is 32.0 Å². The van der Waals surface area contributed by atoms with Crippen molar-refractivity contribution in [3.63, 3.8) is 0 Å². The average Bonchev–Trinajstić information content (AvgIpc) is 2.58. The number of hydrogen-bond acceptors (Lipinski definition) is 4. The van der Waals surface area contributed by atoms with Crippen molar-refractivity contribution in [3.05, 3.63) is 11.1 Å². The molecule has 0 aliphatic carbocycles. The molecular weight excluding hydrogens is 240 g/mol. The lowest BCUT2D eigenvalue weighted by Crippen LogP contribution is -2.42. The second-order valence-corrected chi connectivity index (χ2v) is 5.39. The van der Waals surface area contributed by atoms with Crippen LogP contribution in [0.1, 0.15) is 19.3 Å². The van der Waals surface area contributed by atoms with Crippen molar-refractivity contribution in [1.29, 1.82) is 0 Å². The minimum atomic E-state index is -1.01. The van der Waals surface area contributed by atoms with Gasteiger partial charge in [-0.3, -0.25) is 9.69 Å². The molecule has 0 aromatic rings. The van der Waals surface area contributed by atoms with Crippen LogP contribution in [0.5, 0.6) is 0 Å². The molecule has 6 heteroatoms. The molecule has 0 spiro atoms. The number of amides is 1. The second-order valence-electron chi connectivity index (χ2n) is 4.28. The van der Waals surface area contributed by atoms with Gasteiger partial charge >= 0.3 is 5.97 Å². The Morgan fingerprint density at radius 2 is 2.06 bits per heavy atom. The zero-order chi connectivity index (χ0) is 12.4. The Morgan fingerprint density at radius 3 is 2.65 bits per heavy atom. The van der Waals surface area contributed by atoms with Crippen LogP contribution in [0.15, 0.2) is 11.1 Å². The number of thioether (sulfide) groups is 1. The number of piperidine rings is 1. The Balaban J connectivity index is 2.10. The third-order valence-corrected chi connectivity index (χ3v) is 4.43. The van der Waals surface area contributed by atoms with E-state index in [1.165, 1.54) is 23.1 Å². The van der Waals surface area contributed by atoms with Crippen LogP contribution in [0, 0.1) is 0 Å². The normalized spacial score (nSPS) is 29.0. The molecule has 2 aliphatic heterocycles. The van der Waals surface area contributed by atoms with Crippen LogP contribution in [-0.2, 0) is 9.59 Å². The number of carboxylic acids is 1. The molecule has 1 unspecified atom stereocenters. The van der Waals surface area contributed by atoms with Gasteiger partial charge in [-0.15, -0.1) is 0 Å². The van der Waals surface area contributed by atoms with Crippen LogP contribution in [0.3, 0.4) is 0 Å². The lowest BCUT2D eigenvalue weighted by Gasteiger charge is -2.29. The molecule has 2 aliphatic rings. The molecule has 5 nitrogen and oxygen atoms in total. The standard InChI is InChI=1S/C11H16N2O3S/c1-12-8(7-9(14)15)17-11(10(12)16)13-5-3-2-4-6-13/h7,11H,2-6H2,1H3,(H,14,15). The van der Waals surface area contributed by atoms with Gasteiger partial charge in [-0.05, 0) is 25.9 Å². The molecule has 1 atom stereocenters. The lowest BCUT2D eigenvalue weighted by atomic mass is 10.1. The fourth-order valence-corrected chi connectivity index (χ4v) is 3.40. The maximum atomic E-state index is 12.0. The number of carbonyl (C=O) groups is 2. The van der Waals surface area contributed by atoms with E-state index in [1.807, 2.05) is 0 Å². The second kappa shape index (κ2) is 5.10. The third kappa shape index (κ3) is 2.63. The highest BCUT2D eigenvalue weighted by molar-refractivity contribution is 8.04. The maximum Gasteiger partial charge on any atom is 0.330 e. The minimum absolute atomic E-state index is 0.00981. The molecule has 0 aromatic heterocycles. The monoisotopic (exact) mass is 256 g/mol. The van der Waals surface area contributed by atoms with Crippen molar-refractivity contribution in [2.75, 3.05) is 20.1 Å². The van der Waals surface area contributed by atoms with Gasteiger partial charge in [0.15, 0.2) is 0 Å². The molecule has 17 heavy (non-hydrogen) atoms. The predicted octanol–water partition coefficient (Wildman–Crippen LogP) is 0.930. The first-order valence-electron chi connectivity index (χ1n) is 5.72. The first-order valence-corrected chi connectivity index (χ1v) is 6.60. The van der Waals surface area contributed by atoms with E-state index in [0.29, 0.717) is 5.03 Å². The molecule has 2 fully saturated rings. The van der Waals surface area contributed by atoms with Gasteiger partial charge in [0.2, 0.25) is 0 Å². The first-order chi connectivity index (χ1) is 8.09. The van der Waals surface area contributed by atoms with Gasteiger partial charge < -0.3 is 10.0 Å². The number of likely N-dealkylation sites (N-methyl/N-ethyl adjacent to an activating group) is 1. The van der Waals surface area contributed by atoms with E-state index in [1.54, 1.807) is 7.05 Å². The third-order valence-electron chi connectivity index (χ3n) is 3.07. The van der Waals surface area contributed by atoms with E-state index in [-0.39, 0.29) is 11.3 Å². The SMILES string of the molecule is CN1C(=O)C(N2CCCCC2)SC1=CC(=O)O. The van der Waals surface area contributed by atoms with Gasteiger partial charge in [-0.2, -0.15) is 0 Å². The number of nitrogens with zero attached hydrogens (tertiary/aromatic N) is 2. The number of carboxylic acid groups (broad SMARTS) is 1. The average molecular weight is 256 g/mol. The molecule has 0 bridgehead atoms. The van der Waals surface area contributed by atoms with Crippen molar-refractivity contribution in [3.8, 4) is 0 Å². The largest absolute Gasteiger partial charge is 0.478 e. The summed E-state index contributed by atoms with van der Waals surface area (Å²) in [5, 5.41) is 9.03. The van der Waals surface area contributed by atoms with Gasteiger partial charge in [0.1, 0.15) is 5.37 Å². The Kier molecular flexibility index (Phi) is 3.73. The molecule has 2 saturated heterocycles.